The van der Waals surface area contributed by atoms with Gasteiger partial charge < -0.3 is 18.7 Å². The fraction of sp³-hybridized carbons (Fsp3) is 0.542. The number of rotatable bonds is 4. The van der Waals surface area contributed by atoms with Gasteiger partial charge in [-0.2, -0.15) is 4.98 Å². The van der Waals surface area contributed by atoms with Crippen LogP contribution in [0.4, 0.5) is 0 Å². The molecule has 5 rings (SSSR count). The molecule has 7 heteroatoms. The van der Waals surface area contributed by atoms with Crippen LogP contribution in [-0.2, 0) is 9.53 Å². The van der Waals surface area contributed by atoms with Crippen molar-refractivity contribution >= 4 is 16.7 Å². The van der Waals surface area contributed by atoms with E-state index in [2.05, 4.69) is 48.1 Å². The second-order valence-electron chi connectivity index (χ2n) is 9.44. The fourth-order valence-electron chi connectivity index (χ4n) is 4.83. The molecule has 31 heavy (non-hydrogen) atoms. The molecule has 2 aliphatic rings. The molecule has 7 nitrogen and oxygen atoms in total. The van der Waals surface area contributed by atoms with Crippen molar-refractivity contribution < 1.29 is 14.1 Å². The Morgan fingerprint density at radius 1 is 1.19 bits per heavy atom. The largest absolute Gasteiger partial charge is 0.373 e. The Labute approximate surface area is 182 Å². The summed E-state index contributed by atoms with van der Waals surface area (Å²) in [7, 11) is 0. The minimum absolute atomic E-state index is 0.0631. The molecular formula is C24H30N4O3. The Morgan fingerprint density at radius 3 is 2.68 bits per heavy atom. The van der Waals surface area contributed by atoms with Crippen molar-refractivity contribution in [1.82, 2.24) is 19.6 Å². The number of amides is 1. The van der Waals surface area contributed by atoms with Crippen LogP contribution in [0.1, 0.15) is 64.2 Å². The van der Waals surface area contributed by atoms with Crippen LogP contribution >= 0.6 is 0 Å². The van der Waals surface area contributed by atoms with E-state index in [1.807, 2.05) is 17.9 Å². The van der Waals surface area contributed by atoms with Crippen molar-refractivity contribution in [3.8, 4) is 11.5 Å². The van der Waals surface area contributed by atoms with Crippen molar-refractivity contribution in [3.63, 3.8) is 0 Å². The van der Waals surface area contributed by atoms with E-state index < -0.39 is 0 Å². The molecular weight excluding hydrogens is 392 g/mol. The van der Waals surface area contributed by atoms with E-state index in [9.17, 15) is 4.79 Å². The lowest BCUT2D eigenvalue weighted by Crippen LogP contribution is -2.37. The van der Waals surface area contributed by atoms with E-state index in [1.54, 1.807) is 0 Å². The van der Waals surface area contributed by atoms with Crippen molar-refractivity contribution in [1.29, 1.82) is 0 Å². The molecule has 4 heterocycles. The van der Waals surface area contributed by atoms with Crippen LogP contribution in [-0.4, -0.2) is 50.8 Å². The minimum atomic E-state index is -0.0631. The van der Waals surface area contributed by atoms with Crippen LogP contribution < -0.4 is 0 Å². The molecule has 2 aromatic heterocycles. The first kappa shape index (κ1) is 20.2. The van der Waals surface area contributed by atoms with Gasteiger partial charge in [0, 0.05) is 48.8 Å². The highest BCUT2D eigenvalue weighted by molar-refractivity contribution is 5.86. The van der Waals surface area contributed by atoms with Gasteiger partial charge in [-0.3, -0.25) is 4.79 Å². The SMILES string of the molecule is CCC(=O)N1CCC(c2noc(-c3ccc4cn(C5COC(C)(C)C5)cc4c3)n2)CC1. The predicted octanol–water partition coefficient (Wildman–Crippen LogP) is 4.55. The van der Waals surface area contributed by atoms with E-state index in [1.165, 1.54) is 5.39 Å². The van der Waals surface area contributed by atoms with Gasteiger partial charge in [0.05, 0.1) is 18.2 Å². The fourth-order valence-corrected chi connectivity index (χ4v) is 4.83. The Balaban J connectivity index is 1.31. The number of piperidine rings is 1. The van der Waals surface area contributed by atoms with Crippen LogP contribution in [0.3, 0.4) is 0 Å². The first-order valence-electron chi connectivity index (χ1n) is 11.3. The third-order valence-electron chi connectivity index (χ3n) is 6.68. The van der Waals surface area contributed by atoms with Gasteiger partial charge >= 0.3 is 0 Å². The molecule has 1 atom stereocenters. The minimum Gasteiger partial charge on any atom is -0.373 e. The normalized spacial score (nSPS) is 21.8. The van der Waals surface area contributed by atoms with Gasteiger partial charge in [-0.05, 0) is 50.6 Å². The quantitative estimate of drug-likeness (QED) is 0.617. The second-order valence-corrected chi connectivity index (χ2v) is 9.44. The molecule has 1 aromatic carbocycles. The van der Waals surface area contributed by atoms with Gasteiger partial charge in [0.1, 0.15) is 0 Å². The zero-order chi connectivity index (χ0) is 21.6. The van der Waals surface area contributed by atoms with Crippen LogP contribution in [0.15, 0.2) is 35.1 Å². The number of hydrogen-bond donors (Lipinski definition) is 0. The maximum atomic E-state index is 11.9. The number of aromatic nitrogens is 3. The van der Waals surface area contributed by atoms with Crippen molar-refractivity contribution in [2.45, 2.75) is 64.0 Å². The highest BCUT2D eigenvalue weighted by Crippen LogP contribution is 2.35. The van der Waals surface area contributed by atoms with E-state index in [0.29, 0.717) is 18.4 Å². The molecule has 2 aliphatic heterocycles. The Morgan fingerprint density at radius 2 is 1.97 bits per heavy atom. The molecule has 0 radical (unpaired) electrons. The van der Waals surface area contributed by atoms with Crippen molar-refractivity contribution in [2.75, 3.05) is 19.7 Å². The molecule has 2 fully saturated rings. The van der Waals surface area contributed by atoms with Crippen LogP contribution in [0.2, 0.25) is 0 Å². The summed E-state index contributed by atoms with van der Waals surface area (Å²) in [4.78, 5) is 18.5. The maximum absolute atomic E-state index is 11.9. The monoisotopic (exact) mass is 422 g/mol. The van der Waals surface area contributed by atoms with Crippen molar-refractivity contribution in [3.05, 3.63) is 36.4 Å². The van der Waals surface area contributed by atoms with E-state index in [0.717, 1.165) is 55.7 Å². The van der Waals surface area contributed by atoms with Crippen LogP contribution in [0.5, 0.6) is 0 Å². The predicted molar refractivity (Wildman–Crippen MR) is 118 cm³/mol. The molecule has 0 spiro atoms. The number of ether oxygens (including phenoxy) is 1. The lowest BCUT2D eigenvalue weighted by atomic mass is 9.96. The molecule has 0 N–H and O–H groups in total. The topological polar surface area (TPSA) is 73.4 Å². The summed E-state index contributed by atoms with van der Waals surface area (Å²) in [5.41, 5.74) is 0.873. The Kier molecular flexibility index (Phi) is 5.08. The highest BCUT2D eigenvalue weighted by Gasteiger charge is 2.33. The zero-order valence-corrected chi connectivity index (χ0v) is 18.5. The summed E-state index contributed by atoms with van der Waals surface area (Å²) in [6.45, 7) is 8.48. The molecule has 1 unspecified atom stereocenters. The molecule has 1 amide bonds. The maximum Gasteiger partial charge on any atom is 0.257 e. The van der Waals surface area contributed by atoms with Gasteiger partial charge in [-0.1, -0.05) is 18.1 Å². The number of fused-ring (bicyclic) bond motifs is 1. The first-order valence-corrected chi connectivity index (χ1v) is 11.3. The van der Waals surface area contributed by atoms with E-state index in [-0.39, 0.29) is 17.4 Å². The summed E-state index contributed by atoms with van der Waals surface area (Å²) < 4.78 is 13.8. The average molecular weight is 423 g/mol. The summed E-state index contributed by atoms with van der Waals surface area (Å²) in [5, 5.41) is 6.62. The van der Waals surface area contributed by atoms with Gasteiger partial charge in [0.15, 0.2) is 5.82 Å². The van der Waals surface area contributed by atoms with E-state index in [4.69, 9.17) is 14.2 Å². The standard InChI is InChI=1S/C24H30N4O3/c1-4-21(29)27-9-7-16(8-10-27)22-25-23(31-26-22)17-5-6-18-13-28(14-19(18)11-17)20-12-24(2,3)30-15-20/h5-6,11,13-14,16,20H,4,7-10,12,15H2,1-3H3. The number of nitrogens with zero attached hydrogens (tertiary/aromatic N) is 4. The zero-order valence-electron chi connectivity index (χ0n) is 18.5. The summed E-state index contributed by atoms with van der Waals surface area (Å²) >= 11 is 0. The third kappa shape index (κ3) is 3.99. The van der Waals surface area contributed by atoms with Gasteiger partial charge in [0.2, 0.25) is 5.91 Å². The molecule has 164 valence electrons. The highest BCUT2D eigenvalue weighted by atomic mass is 16.5. The smallest absolute Gasteiger partial charge is 0.257 e. The number of carbonyl (C=O) groups excluding carboxylic acids is 1. The molecule has 2 saturated heterocycles. The lowest BCUT2D eigenvalue weighted by molar-refractivity contribution is -0.131. The number of carbonyl (C=O) groups is 1. The van der Waals surface area contributed by atoms with Gasteiger partial charge in [0.25, 0.3) is 5.89 Å². The number of likely N-dealkylation sites (tertiary alicyclic amines) is 1. The third-order valence-corrected chi connectivity index (χ3v) is 6.68. The summed E-state index contributed by atoms with van der Waals surface area (Å²) in [6, 6.07) is 6.64. The molecule has 0 saturated carbocycles. The lowest BCUT2D eigenvalue weighted by Gasteiger charge is -2.30. The van der Waals surface area contributed by atoms with Gasteiger partial charge in [-0.25, -0.2) is 0 Å². The Hall–Kier alpha value is -2.67. The summed E-state index contributed by atoms with van der Waals surface area (Å²) in [6.07, 6.45) is 7.72. The summed E-state index contributed by atoms with van der Waals surface area (Å²) in [5.74, 6) is 1.78. The van der Waals surface area contributed by atoms with Crippen LogP contribution in [0.25, 0.3) is 22.2 Å². The second kappa shape index (κ2) is 7.79. The molecule has 0 bridgehead atoms. The molecule has 3 aromatic rings. The Bertz CT molecular complexity index is 1090. The number of hydrogen-bond acceptors (Lipinski definition) is 5. The van der Waals surface area contributed by atoms with Crippen LogP contribution in [0, 0.1) is 0 Å². The van der Waals surface area contributed by atoms with E-state index >= 15 is 0 Å². The van der Waals surface area contributed by atoms with Crippen molar-refractivity contribution in [2.24, 2.45) is 0 Å². The molecule has 0 aliphatic carbocycles. The number of benzene rings is 1. The average Bonchev–Trinajstić information content (AvgIpc) is 3.50. The van der Waals surface area contributed by atoms with Gasteiger partial charge in [-0.15, -0.1) is 0 Å². The first-order chi connectivity index (χ1) is 14.9.